The molecule has 1 fully saturated rings. The van der Waals surface area contributed by atoms with Gasteiger partial charge in [-0.25, -0.2) is 0 Å². The SMILES string of the molecule is CCC1CCN(CC(C)(CN)c2ccccc2)C1. The minimum atomic E-state index is 0.0872. The molecule has 0 spiro atoms. The lowest BCUT2D eigenvalue weighted by Gasteiger charge is -2.33. The van der Waals surface area contributed by atoms with Crippen LogP contribution in [-0.4, -0.2) is 31.1 Å². The zero-order valence-electron chi connectivity index (χ0n) is 11.7. The molecule has 2 nitrogen and oxygen atoms in total. The van der Waals surface area contributed by atoms with E-state index in [1.165, 1.54) is 31.5 Å². The molecule has 1 aliphatic rings. The van der Waals surface area contributed by atoms with E-state index in [1.807, 2.05) is 0 Å². The van der Waals surface area contributed by atoms with Crippen LogP contribution in [0.3, 0.4) is 0 Å². The van der Waals surface area contributed by atoms with Gasteiger partial charge in [0.05, 0.1) is 0 Å². The van der Waals surface area contributed by atoms with E-state index in [1.54, 1.807) is 0 Å². The highest BCUT2D eigenvalue weighted by atomic mass is 15.2. The van der Waals surface area contributed by atoms with Crippen LogP contribution in [0.1, 0.15) is 32.3 Å². The maximum Gasteiger partial charge on any atom is 0.0174 e. The molecular weight excluding hydrogens is 220 g/mol. The summed E-state index contributed by atoms with van der Waals surface area (Å²) in [5, 5.41) is 0. The molecule has 0 bridgehead atoms. The minimum absolute atomic E-state index is 0.0872. The molecule has 1 aliphatic heterocycles. The average molecular weight is 246 g/mol. The molecule has 2 heteroatoms. The van der Waals surface area contributed by atoms with Gasteiger partial charge in [-0.05, 0) is 24.4 Å². The summed E-state index contributed by atoms with van der Waals surface area (Å²) in [5.41, 5.74) is 7.51. The molecular formula is C16H26N2. The van der Waals surface area contributed by atoms with Gasteiger partial charge in [-0.2, -0.15) is 0 Å². The van der Waals surface area contributed by atoms with E-state index in [0.29, 0.717) is 6.54 Å². The van der Waals surface area contributed by atoms with Gasteiger partial charge in [-0.3, -0.25) is 0 Å². The highest BCUT2D eigenvalue weighted by molar-refractivity contribution is 5.25. The fourth-order valence-corrected chi connectivity index (χ4v) is 3.00. The van der Waals surface area contributed by atoms with E-state index in [4.69, 9.17) is 5.73 Å². The molecule has 1 aromatic rings. The van der Waals surface area contributed by atoms with Gasteiger partial charge in [-0.15, -0.1) is 0 Å². The van der Waals surface area contributed by atoms with E-state index in [2.05, 4.69) is 49.1 Å². The fourth-order valence-electron chi connectivity index (χ4n) is 3.00. The van der Waals surface area contributed by atoms with Crippen LogP contribution < -0.4 is 5.73 Å². The lowest BCUT2D eigenvalue weighted by atomic mass is 9.82. The van der Waals surface area contributed by atoms with Crippen LogP contribution in [0.25, 0.3) is 0 Å². The molecule has 1 heterocycles. The second-order valence-electron chi connectivity index (χ2n) is 5.93. The molecule has 0 aliphatic carbocycles. The van der Waals surface area contributed by atoms with Crippen molar-refractivity contribution in [3.05, 3.63) is 35.9 Å². The van der Waals surface area contributed by atoms with E-state index >= 15 is 0 Å². The maximum atomic E-state index is 6.06. The van der Waals surface area contributed by atoms with Crippen molar-refractivity contribution in [2.45, 2.75) is 32.1 Å². The standard InChI is InChI=1S/C16H26N2/c1-3-14-9-10-18(11-14)13-16(2,12-17)15-7-5-4-6-8-15/h4-8,14H,3,9-13,17H2,1-2H3. The Kier molecular flexibility index (Phi) is 4.41. The van der Waals surface area contributed by atoms with Crippen molar-refractivity contribution < 1.29 is 0 Å². The quantitative estimate of drug-likeness (QED) is 0.865. The number of hydrogen-bond acceptors (Lipinski definition) is 2. The lowest BCUT2D eigenvalue weighted by molar-refractivity contribution is 0.251. The van der Waals surface area contributed by atoms with Crippen LogP contribution in [0.4, 0.5) is 0 Å². The highest BCUT2D eigenvalue weighted by Gasteiger charge is 2.30. The Morgan fingerprint density at radius 3 is 2.61 bits per heavy atom. The smallest absolute Gasteiger partial charge is 0.0174 e. The average Bonchev–Trinajstić information content (AvgIpc) is 2.87. The molecule has 0 radical (unpaired) electrons. The van der Waals surface area contributed by atoms with E-state index in [9.17, 15) is 0 Å². The zero-order valence-corrected chi connectivity index (χ0v) is 11.7. The molecule has 2 rings (SSSR count). The first-order valence-corrected chi connectivity index (χ1v) is 7.16. The van der Waals surface area contributed by atoms with Gasteiger partial charge in [-0.1, -0.05) is 50.6 Å². The number of likely N-dealkylation sites (tertiary alicyclic amines) is 1. The van der Waals surface area contributed by atoms with E-state index in [0.717, 1.165) is 12.5 Å². The molecule has 1 aromatic carbocycles. The number of nitrogens with zero attached hydrogens (tertiary/aromatic N) is 1. The van der Waals surface area contributed by atoms with Crippen molar-refractivity contribution in [2.24, 2.45) is 11.7 Å². The molecule has 0 aromatic heterocycles. The summed E-state index contributed by atoms with van der Waals surface area (Å²) in [5.74, 6) is 0.891. The Balaban J connectivity index is 2.05. The third kappa shape index (κ3) is 2.93. The van der Waals surface area contributed by atoms with Crippen LogP contribution in [0.5, 0.6) is 0 Å². The Bertz CT molecular complexity index is 363. The number of benzene rings is 1. The first kappa shape index (κ1) is 13.6. The third-order valence-corrected chi connectivity index (χ3v) is 4.44. The predicted molar refractivity (Wildman–Crippen MR) is 77.7 cm³/mol. The maximum absolute atomic E-state index is 6.06. The summed E-state index contributed by atoms with van der Waals surface area (Å²) >= 11 is 0. The summed E-state index contributed by atoms with van der Waals surface area (Å²) in [7, 11) is 0. The number of rotatable bonds is 5. The van der Waals surface area contributed by atoms with Gasteiger partial charge in [0.15, 0.2) is 0 Å². The topological polar surface area (TPSA) is 29.3 Å². The van der Waals surface area contributed by atoms with E-state index < -0.39 is 0 Å². The van der Waals surface area contributed by atoms with Crippen molar-refractivity contribution in [1.82, 2.24) is 4.90 Å². The summed E-state index contributed by atoms with van der Waals surface area (Å²) < 4.78 is 0. The highest BCUT2D eigenvalue weighted by Crippen LogP contribution is 2.27. The Morgan fingerprint density at radius 1 is 1.33 bits per heavy atom. The van der Waals surface area contributed by atoms with Gasteiger partial charge in [0.1, 0.15) is 0 Å². The monoisotopic (exact) mass is 246 g/mol. The molecule has 2 N–H and O–H groups in total. The predicted octanol–water partition coefficient (Wildman–Crippen LogP) is 2.63. The normalized spacial score (nSPS) is 24.1. The molecule has 0 amide bonds. The van der Waals surface area contributed by atoms with Crippen LogP contribution in [0.15, 0.2) is 30.3 Å². The zero-order chi connectivity index (χ0) is 13.0. The Labute approximate surface area is 111 Å². The lowest BCUT2D eigenvalue weighted by Crippen LogP contribution is -2.43. The molecule has 2 atom stereocenters. The summed E-state index contributed by atoms with van der Waals surface area (Å²) in [6.45, 7) is 8.88. The van der Waals surface area contributed by atoms with Crippen LogP contribution in [0.2, 0.25) is 0 Å². The van der Waals surface area contributed by atoms with Crippen LogP contribution in [0, 0.1) is 5.92 Å². The Morgan fingerprint density at radius 2 is 2.06 bits per heavy atom. The van der Waals surface area contributed by atoms with E-state index in [-0.39, 0.29) is 5.41 Å². The molecule has 1 saturated heterocycles. The second kappa shape index (κ2) is 5.85. The van der Waals surface area contributed by atoms with Gasteiger partial charge in [0, 0.05) is 25.0 Å². The third-order valence-electron chi connectivity index (χ3n) is 4.44. The summed E-state index contributed by atoms with van der Waals surface area (Å²) in [6.07, 6.45) is 2.66. The van der Waals surface area contributed by atoms with Crippen molar-refractivity contribution in [3.63, 3.8) is 0 Å². The van der Waals surface area contributed by atoms with Crippen molar-refractivity contribution >= 4 is 0 Å². The van der Waals surface area contributed by atoms with Gasteiger partial charge >= 0.3 is 0 Å². The number of nitrogens with two attached hydrogens (primary N) is 1. The van der Waals surface area contributed by atoms with Crippen LogP contribution >= 0.6 is 0 Å². The second-order valence-corrected chi connectivity index (χ2v) is 5.93. The van der Waals surface area contributed by atoms with Gasteiger partial charge in [0.25, 0.3) is 0 Å². The molecule has 18 heavy (non-hydrogen) atoms. The summed E-state index contributed by atoms with van der Waals surface area (Å²) in [6, 6.07) is 10.7. The van der Waals surface area contributed by atoms with Crippen LogP contribution in [-0.2, 0) is 5.41 Å². The number of hydrogen-bond donors (Lipinski definition) is 1. The van der Waals surface area contributed by atoms with Crippen molar-refractivity contribution in [2.75, 3.05) is 26.2 Å². The molecule has 2 unspecified atom stereocenters. The first-order valence-electron chi connectivity index (χ1n) is 7.16. The van der Waals surface area contributed by atoms with Gasteiger partial charge < -0.3 is 10.6 Å². The largest absolute Gasteiger partial charge is 0.330 e. The van der Waals surface area contributed by atoms with Gasteiger partial charge in [0.2, 0.25) is 0 Å². The first-order chi connectivity index (χ1) is 8.68. The van der Waals surface area contributed by atoms with Crippen molar-refractivity contribution in [3.8, 4) is 0 Å². The summed E-state index contributed by atoms with van der Waals surface area (Å²) in [4.78, 5) is 2.59. The Hall–Kier alpha value is -0.860. The fraction of sp³-hybridized carbons (Fsp3) is 0.625. The molecule has 0 saturated carbocycles. The van der Waals surface area contributed by atoms with Crippen molar-refractivity contribution in [1.29, 1.82) is 0 Å². The molecule has 100 valence electrons. The minimum Gasteiger partial charge on any atom is -0.330 e.